The van der Waals surface area contributed by atoms with Crippen molar-refractivity contribution in [3.8, 4) is 5.75 Å². The van der Waals surface area contributed by atoms with E-state index in [1.807, 2.05) is 48.3 Å². The first-order chi connectivity index (χ1) is 10.3. The second-order valence-corrected chi connectivity index (χ2v) is 5.00. The number of ether oxygens (including phenoxy) is 1. The van der Waals surface area contributed by atoms with Crippen LogP contribution in [0, 0.1) is 0 Å². The molecule has 5 heteroatoms. The SMILES string of the molecule is COc1cccc2cc(CNCCc3ccn(C)n3)oc12. The molecule has 0 saturated carbocycles. The van der Waals surface area contributed by atoms with Crippen molar-refractivity contribution in [1.29, 1.82) is 0 Å². The number of furan rings is 1. The highest BCUT2D eigenvalue weighted by Crippen LogP contribution is 2.28. The van der Waals surface area contributed by atoms with Gasteiger partial charge in [0.25, 0.3) is 0 Å². The van der Waals surface area contributed by atoms with E-state index in [1.54, 1.807) is 7.11 Å². The number of aromatic nitrogens is 2. The lowest BCUT2D eigenvalue weighted by molar-refractivity contribution is 0.406. The molecule has 2 heterocycles. The van der Waals surface area contributed by atoms with Crippen LogP contribution in [0.4, 0.5) is 0 Å². The summed E-state index contributed by atoms with van der Waals surface area (Å²) in [5.74, 6) is 1.68. The number of hydrogen-bond donors (Lipinski definition) is 1. The maximum atomic E-state index is 5.84. The van der Waals surface area contributed by atoms with Crippen molar-refractivity contribution >= 4 is 11.0 Å². The molecule has 0 amide bonds. The first-order valence-electron chi connectivity index (χ1n) is 7.01. The molecule has 0 aliphatic carbocycles. The summed E-state index contributed by atoms with van der Waals surface area (Å²) in [5, 5.41) is 8.79. The number of nitrogens with zero attached hydrogens (tertiary/aromatic N) is 2. The van der Waals surface area contributed by atoms with Crippen LogP contribution in [0.25, 0.3) is 11.0 Å². The number of para-hydroxylation sites is 1. The van der Waals surface area contributed by atoms with Crippen LogP contribution in [0.5, 0.6) is 5.75 Å². The summed E-state index contributed by atoms with van der Waals surface area (Å²) in [6, 6.07) is 9.98. The molecule has 5 nitrogen and oxygen atoms in total. The maximum Gasteiger partial charge on any atom is 0.176 e. The number of rotatable bonds is 6. The summed E-state index contributed by atoms with van der Waals surface area (Å²) in [7, 11) is 3.58. The lowest BCUT2D eigenvalue weighted by Crippen LogP contribution is -2.16. The summed E-state index contributed by atoms with van der Waals surface area (Å²) in [6.07, 6.45) is 2.87. The fraction of sp³-hybridized carbons (Fsp3) is 0.312. The van der Waals surface area contributed by atoms with E-state index in [-0.39, 0.29) is 0 Å². The van der Waals surface area contributed by atoms with Gasteiger partial charge in [0.1, 0.15) is 5.76 Å². The second kappa shape index (κ2) is 6.01. The Morgan fingerprint density at radius 3 is 3.00 bits per heavy atom. The number of hydrogen-bond acceptors (Lipinski definition) is 4. The Kier molecular flexibility index (Phi) is 3.92. The molecule has 0 aliphatic heterocycles. The maximum absolute atomic E-state index is 5.84. The predicted molar refractivity (Wildman–Crippen MR) is 81.4 cm³/mol. The van der Waals surface area contributed by atoms with Gasteiger partial charge in [0.15, 0.2) is 11.3 Å². The Bertz CT molecular complexity index is 730. The third-order valence-electron chi connectivity index (χ3n) is 3.40. The second-order valence-electron chi connectivity index (χ2n) is 5.00. The van der Waals surface area contributed by atoms with E-state index >= 15 is 0 Å². The van der Waals surface area contributed by atoms with Crippen LogP contribution in [0.2, 0.25) is 0 Å². The van der Waals surface area contributed by atoms with Gasteiger partial charge < -0.3 is 14.5 Å². The van der Waals surface area contributed by atoms with Crippen molar-refractivity contribution in [2.75, 3.05) is 13.7 Å². The molecular formula is C16H19N3O2. The molecule has 0 aliphatic rings. The van der Waals surface area contributed by atoms with Crippen LogP contribution < -0.4 is 10.1 Å². The van der Waals surface area contributed by atoms with Gasteiger partial charge in [-0.05, 0) is 18.2 Å². The zero-order valence-electron chi connectivity index (χ0n) is 12.3. The summed E-state index contributed by atoms with van der Waals surface area (Å²) in [4.78, 5) is 0. The lowest BCUT2D eigenvalue weighted by Gasteiger charge is -2.01. The smallest absolute Gasteiger partial charge is 0.176 e. The van der Waals surface area contributed by atoms with Crippen molar-refractivity contribution < 1.29 is 9.15 Å². The Labute approximate surface area is 123 Å². The molecule has 0 spiro atoms. The molecule has 0 atom stereocenters. The molecule has 3 rings (SSSR count). The number of benzene rings is 1. The zero-order chi connectivity index (χ0) is 14.7. The van der Waals surface area contributed by atoms with E-state index < -0.39 is 0 Å². The van der Waals surface area contributed by atoms with E-state index in [0.717, 1.165) is 41.1 Å². The van der Waals surface area contributed by atoms with Crippen molar-refractivity contribution in [3.05, 3.63) is 48.0 Å². The molecule has 21 heavy (non-hydrogen) atoms. The van der Waals surface area contributed by atoms with E-state index in [1.165, 1.54) is 0 Å². The molecule has 2 aromatic heterocycles. The molecule has 0 saturated heterocycles. The zero-order valence-corrected chi connectivity index (χ0v) is 12.3. The number of fused-ring (bicyclic) bond motifs is 1. The molecule has 3 aromatic rings. The average molecular weight is 285 g/mol. The van der Waals surface area contributed by atoms with Crippen LogP contribution in [0.15, 0.2) is 40.9 Å². The highest BCUT2D eigenvalue weighted by Gasteiger charge is 2.08. The van der Waals surface area contributed by atoms with E-state index in [4.69, 9.17) is 9.15 Å². The van der Waals surface area contributed by atoms with Crippen LogP contribution in [0.1, 0.15) is 11.5 Å². The van der Waals surface area contributed by atoms with Crippen LogP contribution in [-0.2, 0) is 20.0 Å². The van der Waals surface area contributed by atoms with Crippen LogP contribution in [0.3, 0.4) is 0 Å². The minimum Gasteiger partial charge on any atom is -0.493 e. The fourth-order valence-electron chi connectivity index (χ4n) is 2.36. The molecule has 1 aromatic carbocycles. The number of aryl methyl sites for hydroxylation is 1. The largest absolute Gasteiger partial charge is 0.493 e. The molecule has 0 bridgehead atoms. The van der Waals surface area contributed by atoms with Gasteiger partial charge in [-0.3, -0.25) is 4.68 Å². The van der Waals surface area contributed by atoms with Crippen molar-refractivity contribution in [1.82, 2.24) is 15.1 Å². The monoisotopic (exact) mass is 285 g/mol. The predicted octanol–water partition coefficient (Wildman–Crippen LogP) is 2.51. The highest BCUT2D eigenvalue weighted by molar-refractivity contribution is 5.83. The highest BCUT2D eigenvalue weighted by atomic mass is 16.5. The minimum absolute atomic E-state index is 0.699. The van der Waals surface area contributed by atoms with Gasteiger partial charge in [-0.15, -0.1) is 0 Å². The van der Waals surface area contributed by atoms with Gasteiger partial charge >= 0.3 is 0 Å². The van der Waals surface area contributed by atoms with E-state index in [0.29, 0.717) is 6.54 Å². The van der Waals surface area contributed by atoms with Gasteiger partial charge in [-0.1, -0.05) is 12.1 Å². The van der Waals surface area contributed by atoms with Gasteiger partial charge in [0.05, 0.1) is 19.3 Å². The Hall–Kier alpha value is -2.27. The van der Waals surface area contributed by atoms with Crippen molar-refractivity contribution in [2.24, 2.45) is 7.05 Å². The quantitative estimate of drug-likeness (QED) is 0.707. The molecule has 1 N–H and O–H groups in total. The van der Waals surface area contributed by atoms with Crippen molar-refractivity contribution in [2.45, 2.75) is 13.0 Å². The standard InChI is InChI=1S/C16H19N3O2/c1-19-9-7-13(18-19)6-8-17-11-14-10-12-4-3-5-15(20-2)16(12)21-14/h3-5,7,9-10,17H,6,8,11H2,1-2H3. The summed E-state index contributed by atoms with van der Waals surface area (Å²) in [6.45, 7) is 1.57. The Balaban J connectivity index is 1.58. The minimum atomic E-state index is 0.699. The summed E-state index contributed by atoms with van der Waals surface area (Å²) in [5.41, 5.74) is 1.90. The summed E-state index contributed by atoms with van der Waals surface area (Å²) >= 11 is 0. The Morgan fingerprint density at radius 1 is 1.33 bits per heavy atom. The van der Waals surface area contributed by atoms with E-state index in [9.17, 15) is 0 Å². The lowest BCUT2D eigenvalue weighted by atomic mass is 10.2. The molecule has 110 valence electrons. The molecule has 0 fully saturated rings. The third kappa shape index (κ3) is 3.08. The van der Waals surface area contributed by atoms with Gasteiger partial charge in [0, 0.05) is 31.6 Å². The van der Waals surface area contributed by atoms with Crippen LogP contribution in [-0.4, -0.2) is 23.4 Å². The first-order valence-corrected chi connectivity index (χ1v) is 7.01. The van der Waals surface area contributed by atoms with Gasteiger partial charge in [0.2, 0.25) is 0 Å². The first kappa shape index (κ1) is 13.7. The average Bonchev–Trinajstić information content (AvgIpc) is 3.08. The number of methoxy groups -OCH3 is 1. The van der Waals surface area contributed by atoms with Gasteiger partial charge in [-0.2, -0.15) is 5.10 Å². The molecular weight excluding hydrogens is 266 g/mol. The molecule has 0 unspecified atom stereocenters. The van der Waals surface area contributed by atoms with E-state index in [2.05, 4.69) is 10.4 Å². The van der Waals surface area contributed by atoms with Crippen LogP contribution >= 0.6 is 0 Å². The normalized spacial score (nSPS) is 11.1. The third-order valence-corrected chi connectivity index (χ3v) is 3.40. The van der Waals surface area contributed by atoms with Crippen molar-refractivity contribution in [3.63, 3.8) is 0 Å². The number of nitrogens with one attached hydrogen (secondary N) is 1. The molecule has 0 radical (unpaired) electrons. The fourth-order valence-corrected chi connectivity index (χ4v) is 2.36. The Morgan fingerprint density at radius 2 is 2.24 bits per heavy atom. The topological polar surface area (TPSA) is 52.2 Å². The van der Waals surface area contributed by atoms with Gasteiger partial charge in [-0.25, -0.2) is 0 Å². The summed E-state index contributed by atoms with van der Waals surface area (Å²) < 4.78 is 13.0.